The van der Waals surface area contributed by atoms with E-state index >= 15 is 0 Å². The Morgan fingerprint density at radius 2 is 2.14 bits per heavy atom. The van der Waals surface area contributed by atoms with Crippen LogP contribution < -0.4 is 10.8 Å². The molecule has 2 aliphatic rings. The Bertz CT molecular complexity index is 664. The molecule has 3 rings (SSSR count). The van der Waals surface area contributed by atoms with Gasteiger partial charge in [-0.3, -0.25) is 10.3 Å². The highest BCUT2D eigenvalue weighted by Gasteiger charge is 2.18. The molecule has 2 N–H and O–H groups in total. The summed E-state index contributed by atoms with van der Waals surface area (Å²) in [4.78, 5) is 5.90. The zero-order valence-corrected chi connectivity index (χ0v) is 17.7. The van der Waals surface area contributed by atoms with Crippen LogP contribution in [-0.4, -0.2) is 32.4 Å². The van der Waals surface area contributed by atoms with E-state index in [9.17, 15) is 0 Å². The van der Waals surface area contributed by atoms with Crippen molar-refractivity contribution in [3.8, 4) is 0 Å². The Morgan fingerprint density at radius 1 is 1.29 bits per heavy atom. The van der Waals surface area contributed by atoms with Crippen molar-refractivity contribution in [3.63, 3.8) is 0 Å². The highest BCUT2D eigenvalue weighted by atomic mass is 35.5. The molecule has 1 fully saturated rings. The predicted molar refractivity (Wildman–Crippen MR) is 116 cm³/mol. The standard InChI is InChI=1S/C23H33ClN2O2/c1-2-3-5-19-6-4-7-20(16-18-8-10-21(24)11-9-18)23(19)26-28-14-12-22-17-25-13-15-27-22/h8-11,16,22,25-26H,2-7,12-15,17H2,1H3/t22-/m1/s1. The lowest BCUT2D eigenvalue weighted by Crippen LogP contribution is -2.39. The fraction of sp³-hybridized carbons (Fsp3) is 0.565. The lowest BCUT2D eigenvalue weighted by atomic mass is 9.88. The van der Waals surface area contributed by atoms with Crippen LogP contribution in [-0.2, 0) is 9.57 Å². The molecule has 1 aliphatic heterocycles. The molecule has 1 atom stereocenters. The van der Waals surface area contributed by atoms with Crippen LogP contribution >= 0.6 is 11.6 Å². The van der Waals surface area contributed by atoms with Crippen LogP contribution in [0.4, 0.5) is 0 Å². The number of benzene rings is 1. The predicted octanol–water partition coefficient (Wildman–Crippen LogP) is 5.25. The number of halogens is 1. The SMILES string of the molecule is CCCCC1=C(NOCC[C@@H]2CNCCO2)C(=Cc2ccc(Cl)cc2)CCC1. The monoisotopic (exact) mass is 404 g/mol. The van der Waals surface area contributed by atoms with Crippen LogP contribution in [0.2, 0.25) is 5.02 Å². The summed E-state index contributed by atoms with van der Waals surface area (Å²) in [5.74, 6) is 0. The molecule has 0 spiro atoms. The third-order valence-electron chi connectivity index (χ3n) is 5.36. The first kappa shape index (κ1) is 21.4. The Balaban J connectivity index is 1.66. The van der Waals surface area contributed by atoms with Gasteiger partial charge in [-0.05, 0) is 67.0 Å². The summed E-state index contributed by atoms with van der Waals surface area (Å²) in [6.45, 7) is 5.54. The topological polar surface area (TPSA) is 42.5 Å². The molecular formula is C23H33ClN2O2. The van der Waals surface area contributed by atoms with Crippen molar-refractivity contribution in [1.82, 2.24) is 10.8 Å². The molecule has 154 valence electrons. The maximum absolute atomic E-state index is 6.03. The quantitative estimate of drug-likeness (QED) is 0.435. The maximum atomic E-state index is 6.03. The van der Waals surface area contributed by atoms with Gasteiger partial charge >= 0.3 is 0 Å². The van der Waals surface area contributed by atoms with Crippen molar-refractivity contribution in [3.05, 3.63) is 51.7 Å². The number of morpholine rings is 1. The minimum atomic E-state index is 0.250. The largest absolute Gasteiger partial charge is 0.375 e. The second kappa shape index (κ2) is 11.6. The number of hydroxylamine groups is 1. The van der Waals surface area contributed by atoms with E-state index in [1.807, 2.05) is 12.1 Å². The van der Waals surface area contributed by atoms with E-state index in [0.29, 0.717) is 6.61 Å². The average molecular weight is 405 g/mol. The minimum absolute atomic E-state index is 0.250. The van der Waals surface area contributed by atoms with Gasteiger partial charge in [-0.15, -0.1) is 0 Å². The average Bonchev–Trinajstić information content (AvgIpc) is 2.73. The molecule has 0 unspecified atom stereocenters. The van der Waals surface area contributed by atoms with Gasteiger partial charge in [0.2, 0.25) is 0 Å². The molecule has 5 heteroatoms. The van der Waals surface area contributed by atoms with Crippen LogP contribution in [0.15, 0.2) is 41.1 Å². The first-order chi connectivity index (χ1) is 13.8. The van der Waals surface area contributed by atoms with Gasteiger partial charge < -0.3 is 10.1 Å². The molecule has 28 heavy (non-hydrogen) atoms. The lowest BCUT2D eigenvalue weighted by Gasteiger charge is -2.26. The number of unbranched alkanes of at least 4 members (excludes halogenated alkanes) is 1. The van der Waals surface area contributed by atoms with Crippen LogP contribution in [0.1, 0.15) is 57.4 Å². The van der Waals surface area contributed by atoms with Crippen molar-refractivity contribution in [2.24, 2.45) is 0 Å². The number of rotatable bonds is 9. The smallest absolute Gasteiger partial charge is 0.0771 e. The second-order valence-electron chi connectivity index (χ2n) is 7.59. The lowest BCUT2D eigenvalue weighted by molar-refractivity contribution is -0.0124. The Morgan fingerprint density at radius 3 is 2.89 bits per heavy atom. The maximum Gasteiger partial charge on any atom is 0.0771 e. The first-order valence-corrected chi connectivity index (χ1v) is 11.0. The minimum Gasteiger partial charge on any atom is -0.375 e. The normalized spacial score (nSPS) is 21.9. The summed E-state index contributed by atoms with van der Waals surface area (Å²) in [5.41, 5.74) is 8.50. The summed E-state index contributed by atoms with van der Waals surface area (Å²) < 4.78 is 5.75. The molecule has 0 saturated carbocycles. The summed E-state index contributed by atoms with van der Waals surface area (Å²) >= 11 is 6.03. The van der Waals surface area contributed by atoms with E-state index in [2.05, 4.69) is 35.9 Å². The fourth-order valence-electron chi connectivity index (χ4n) is 3.77. The van der Waals surface area contributed by atoms with E-state index < -0.39 is 0 Å². The summed E-state index contributed by atoms with van der Waals surface area (Å²) in [5, 5.41) is 4.13. The number of allylic oxidation sites excluding steroid dienone is 2. The molecule has 1 aliphatic carbocycles. The van der Waals surface area contributed by atoms with E-state index in [1.54, 1.807) is 0 Å². The molecule has 1 aromatic carbocycles. The van der Waals surface area contributed by atoms with Gasteiger partial charge in [0.1, 0.15) is 0 Å². The molecular weight excluding hydrogens is 372 g/mol. The Labute approximate surface area is 174 Å². The van der Waals surface area contributed by atoms with Crippen LogP contribution in [0.5, 0.6) is 0 Å². The Kier molecular flexibility index (Phi) is 8.87. The molecule has 0 amide bonds. The van der Waals surface area contributed by atoms with Gasteiger partial charge in [0, 0.05) is 24.5 Å². The summed E-state index contributed by atoms with van der Waals surface area (Å²) in [6.07, 6.45) is 10.4. The van der Waals surface area contributed by atoms with Gasteiger partial charge in [0.25, 0.3) is 0 Å². The molecule has 1 heterocycles. The van der Waals surface area contributed by atoms with Crippen molar-refractivity contribution in [1.29, 1.82) is 0 Å². The van der Waals surface area contributed by atoms with Crippen LogP contribution in [0.3, 0.4) is 0 Å². The highest BCUT2D eigenvalue weighted by Crippen LogP contribution is 2.32. The molecule has 1 aromatic rings. The molecule has 0 bridgehead atoms. The van der Waals surface area contributed by atoms with E-state index in [-0.39, 0.29) is 6.10 Å². The molecule has 0 radical (unpaired) electrons. The third-order valence-corrected chi connectivity index (χ3v) is 5.61. The van der Waals surface area contributed by atoms with Gasteiger partial charge in [-0.25, -0.2) is 0 Å². The zero-order chi connectivity index (χ0) is 19.6. The van der Waals surface area contributed by atoms with Crippen molar-refractivity contribution >= 4 is 17.7 Å². The zero-order valence-electron chi connectivity index (χ0n) is 16.9. The summed E-state index contributed by atoms with van der Waals surface area (Å²) in [6, 6.07) is 8.03. The number of hydrogen-bond acceptors (Lipinski definition) is 4. The number of nitrogens with one attached hydrogen (secondary N) is 2. The van der Waals surface area contributed by atoms with Gasteiger partial charge in [0.05, 0.1) is 25.0 Å². The van der Waals surface area contributed by atoms with E-state index in [4.69, 9.17) is 21.2 Å². The third kappa shape index (κ3) is 6.63. The highest BCUT2D eigenvalue weighted by molar-refractivity contribution is 6.30. The van der Waals surface area contributed by atoms with Crippen molar-refractivity contribution in [2.45, 2.75) is 58.0 Å². The Hall–Kier alpha value is -1.33. The van der Waals surface area contributed by atoms with Gasteiger partial charge in [-0.2, -0.15) is 0 Å². The summed E-state index contributed by atoms with van der Waals surface area (Å²) in [7, 11) is 0. The van der Waals surface area contributed by atoms with E-state index in [0.717, 1.165) is 50.4 Å². The van der Waals surface area contributed by atoms with Crippen molar-refractivity contribution in [2.75, 3.05) is 26.3 Å². The van der Waals surface area contributed by atoms with Gasteiger partial charge in [-0.1, -0.05) is 37.1 Å². The first-order valence-electron chi connectivity index (χ1n) is 10.6. The van der Waals surface area contributed by atoms with Crippen LogP contribution in [0, 0.1) is 0 Å². The number of hydrogen-bond donors (Lipinski definition) is 2. The van der Waals surface area contributed by atoms with Crippen molar-refractivity contribution < 1.29 is 9.57 Å². The fourth-order valence-corrected chi connectivity index (χ4v) is 3.90. The van der Waals surface area contributed by atoms with E-state index in [1.165, 1.54) is 41.7 Å². The van der Waals surface area contributed by atoms with Gasteiger partial charge in [0.15, 0.2) is 0 Å². The van der Waals surface area contributed by atoms with Crippen LogP contribution in [0.25, 0.3) is 6.08 Å². The number of ether oxygens (including phenoxy) is 1. The second-order valence-corrected chi connectivity index (χ2v) is 8.03. The molecule has 0 aromatic heterocycles. The molecule has 1 saturated heterocycles. The molecule has 4 nitrogen and oxygen atoms in total.